The van der Waals surface area contributed by atoms with Gasteiger partial charge in [0.1, 0.15) is 0 Å². The number of nitrogens with zero attached hydrogens (tertiary/aromatic N) is 4. The van der Waals surface area contributed by atoms with Crippen molar-refractivity contribution in [1.29, 1.82) is 0 Å². The van der Waals surface area contributed by atoms with Crippen molar-refractivity contribution in [2.45, 2.75) is 40.4 Å². The highest BCUT2D eigenvalue weighted by molar-refractivity contribution is 5.85. The fraction of sp³-hybridized carbons (Fsp3) is 0.500. The van der Waals surface area contributed by atoms with Gasteiger partial charge in [0, 0.05) is 19.3 Å². The van der Waals surface area contributed by atoms with Crippen LogP contribution in [-0.4, -0.2) is 19.6 Å². The molecule has 0 spiro atoms. The minimum absolute atomic E-state index is 0. The minimum Gasteiger partial charge on any atom is -0.377 e. The largest absolute Gasteiger partial charge is 0.377 e. The van der Waals surface area contributed by atoms with E-state index < -0.39 is 0 Å². The third-order valence-corrected chi connectivity index (χ3v) is 2.87. The van der Waals surface area contributed by atoms with E-state index in [1.54, 1.807) is 0 Å². The van der Waals surface area contributed by atoms with Crippen LogP contribution in [0.2, 0.25) is 0 Å². The van der Waals surface area contributed by atoms with Crippen molar-refractivity contribution in [3.05, 3.63) is 29.8 Å². The van der Waals surface area contributed by atoms with Gasteiger partial charge in [-0.25, -0.2) is 0 Å². The molecule has 0 aliphatic heterocycles. The third-order valence-electron chi connectivity index (χ3n) is 2.87. The molecule has 0 atom stereocenters. The Balaban J connectivity index is 0.00000162. The van der Waals surface area contributed by atoms with Crippen molar-refractivity contribution < 1.29 is 0 Å². The zero-order valence-corrected chi connectivity index (χ0v) is 11.9. The second kappa shape index (κ2) is 6.44. The molecule has 6 heteroatoms. The lowest BCUT2D eigenvalue weighted by molar-refractivity contribution is 0.626. The topological polar surface area (TPSA) is 47.7 Å². The zero-order valence-electron chi connectivity index (χ0n) is 11.1. The minimum atomic E-state index is 0. The first-order valence-corrected chi connectivity index (χ1v) is 6.02. The van der Waals surface area contributed by atoms with E-state index in [-0.39, 0.29) is 12.4 Å². The first-order chi connectivity index (χ1) is 8.24. The molecule has 18 heavy (non-hydrogen) atoms. The van der Waals surface area contributed by atoms with E-state index in [9.17, 15) is 0 Å². The normalized spacial score (nSPS) is 10.2. The molecule has 0 bridgehead atoms. The molecule has 0 aromatic carbocycles. The molecule has 2 aromatic rings. The van der Waals surface area contributed by atoms with Crippen LogP contribution < -0.4 is 5.32 Å². The molecule has 0 amide bonds. The smallest absolute Gasteiger partial charge is 0.0729 e. The van der Waals surface area contributed by atoms with E-state index in [0.717, 1.165) is 25.3 Å². The summed E-state index contributed by atoms with van der Waals surface area (Å²) in [5.74, 6) is 0. The summed E-state index contributed by atoms with van der Waals surface area (Å²) >= 11 is 0. The number of aryl methyl sites for hydroxylation is 3. The van der Waals surface area contributed by atoms with Gasteiger partial charge >= 0.3 is 0 Å². The lowest BCUT2D eigenvalue weighted by Gasteiger charge is -2.07. The molecule has 2 rings (SSSR count). The first kappa shape index (κ1) is 14.6. The molecule has 100 valence electrons. The van der Waals surface area contributed by atoms with Crippen LogP contribution in [0.4, 0.5) is 5.69 Å². The molecule has 0 saturated carbocycles. The van der Waals surface area contributed by atoms with E-state index >= 15 is 0 Å². The Morgan fingerprint density at radius 2 is 1.94 bits per heavy atom. The Kier molecular flexibility index (Phi) is 5.22. The van der Waals surface area contributed by atoms with E-state index in [1.165, 1.54) is 11.3 Å². The van der Waals surface area contributed by atoms with Gasteiger partial charge in [0.15, 0.2) is 0 Å². The number of hydrogen-bond acceptors (Lipinski definition) is 3. The summed E-state index contributed by atoms with van der Waals surface area (Å²) in [5, 5.41) is 11.9. The number of nitrogens with one attached hydrogen (secondary N) is 1. The molecule has 0 unspecified atom stereocenters. The van der Waals surface area contributed by atoms with E-state index in [2.05, 4.69) is 36.3 Å². The molecule has 0 radical (unpaired) electrons. The molecule has 5 nitrogen and oxygen atoms in total. The van der Waals surface area contributed by atoms with Gasteiger partial charge in [0.25, 0.3) is 0 Å². The Morgan fingerprint density at radius 1 is 1.17 bits per heavy atom. The van der Waals surface area contributed by atoms with Gasteiger partial charge in [0.2, 0.25) is 0 Å². The maximum absolute atomic E-state index is 4.32. The molecule has 0 fully saturated rings. The van der Waals surface area contributed by atoms with Crippen LogP contribution in [0.3, 0.4) is 0 Å². The lowest BCUT2D eigenvalue weighted by atomic mass is 10.2. The van der Waals surface area contributed by atoms with Crippen LogP contribution in [0.15, 0.2) is 18.6 Å². The van der Waals surface area contributed by atoms with Crippen molar-refractivity contribution in [2.24, 2.45) is 0 Å². The number of halogens is 1. The Hall–Kier alpha value is -1.49. The summed E-state index contributed by atoms with van der Waals surface area (Å²) < 4.78 is 3.93. The quantitative estimate of drug-likeness (QED) is 0.907. The van der Waals surface area contributed by atoms with Crippen molar-refractivity contribution >= 4 is 18.1 Å². The highest BCUT2D eigenvalue weighted by atomic mass is 35.5. The molecule has 1 N–H and O–H groups in total. The van der Waals surface area contributed by atoms with Crippen molar-refractivity contribution in [3.63, 3.8) is 0 Å². The summed E-state index contributed by atoms with van der Waals surface area (Å²) in [5.41, 5.74) is 3.51. The SMILES string of the molecule is CCn1cc(NCc2c(C)cnn2CC)cn1.Cl. The maximum atomic E-state index is 4.32. The van der Waals surface area contributed by atoms with Crippen LogP contribution in [0.1, 0.15) is 25.1 Å². The standard InChI is InChI=1S/C12H19N5.ClH/c1-4-16-9-11(7-14-16)13-8-12-10(3)6-15-17(12)5-2;/h6-7,9,13H,4-5,8H2,1-3H3;1H. The van der Waals surface area contributed by atoms with Gasteiger partial charge in [0.05, 0.1) is 30.3 Å². The second-order valence-electron chi connectivity index (χ2n) is 4.03. The summed E-state index contributed by atoms with van der Waals surface area (Å²) in [6.45, 7) is 8.85. The summed E-state index contributed by atoms with van der Waals surface area (Å²) in [4.78, 5) is 0. The predicted octanol–water partition coefficient (Wildman–Crippen LogP) is 2.46. The van der Waals surface area contributed by atoms with Crippen LogP contribution in [0, 0.1) is 6.92 Å². The van der Waals surface area contributed by atoms with Gasteiger partial charge in [-0.05, 0) is 26.3 Å². The molecular weight excluding hydrogens is 250 g/mol. The summed E-state index contributed by atoms with van der Waals surface area (Å²) in [6, 6.07) is 0. The van der Waals surface area contributed by atoms with Crippen LogP contribution >= 0.6 is 12.4 Å². The molecule has 2 heterocycles. The summed E-state index contributed by atoms with van der Waals surface area (Å²) in [7, 11) is 0. The second-order valence-corrected chi connectivity index (χ2v) is 4.03. The fourth-order valence-electron chi connectivity index (χ4n) is 1.82. The number of aromatic nitrogens is 4. The van der Waals surface area contributed by atoms with Crippen LogP contribution in [0.25, 0.3) is 0 Å². The molecule has 0 aliphatic carbocycles. The van der Waals surface area contributed by atoms with Gasteiger partial charge in [-0.15, -0.1) is 12.4 Å². The average molecular weight is 270 g/mol. The van der Waals surface area contributed by atoms with Crippen LogP contribution in [0.5, 0.6) is 0 Å². The highest BCUT2D eigenvalue weighted by Gasteiger charge is 2.06. The monoisotopic (exact) mass is 269 g/mol. The van der Waals surface area contributed by atoms with Gasteiger partial charge in [-0.2, -0.15) is 10.2 Å². The number of hydrogen-bond donors (Lipinski definition) is 1. The molecular formula is C12H20ClN5. The van der Waals surface area contributed by atoms with Crippen molar-refractivity contribution in [2.75, 3.05) is 5.32 Å². The average Bonchev–Trinajstić information content (AvgIpc) is 2.93. The summed E-state index contributed by atoms with van der Waals surface area (Å²) in [6.07, 6.45) is 5.78. The Bertz CT molecular complexity index is 488. The molecule has 0 aliphatic rings. The number of rotatable bonds is 5. The Labute approximate surface area is 114 Å². The fourth-order valence-corrected chi connectivity index (χ4v) is 1.82. The maximum Gasteiger partial charge on any atom is 0.0729 e. The third kappa shape index (κ3) is 3.04. The van der Waals surface area contributed by atoms with Gasteiger partial charge < -0.3 is 5.32 Å². The lowest BCUT2D eigenvalue weighted by Crippen LogP contribution is -2.08. The molecule has 2 aromatic heterocycles. The van der Waals surface area contributed by atoms with E-state index in [0.29, 0.717) is 0 Å². The first-order valence-electron chi connectivity index (χ1n) is 6.02. The van der Waals surface area contributed by atoms with Crippen molar-refractivity contribution in [3.8, 4) is 0 Å². The number of anilines is 1. The predicted molar refractivity (Wildman–Crippen MR) is 75.1 cm³/mol. The van der Waals surface area contributed by atoms with E-state index in [1.807, 2.05) is 28.0 Å². The van der Waals surface area contributed by atoms with Crippen molar-refractivity contribution in [1.82, 2.24) is 19.6 Å². The highest BCUT2D eigenvalue weighted by Crippen LogP contribution is 2.11. The zero-order chi connectivity index (χ0) is 12.3. The van der Waals surface area contributed by atoms with Crippen LogP contribution in [-0.2, 0) is 19.6 Å². The van der Waals surface area contributed by atoms with E-state index in [4.69, 9.17) is 0 Å². The van der Waals surface area contributed by atoms with Gasteiger partial charge in [-0.3, -0.25) is 9.36 Å². The molecule has 0 saturated heterocycles. The Morgan fingerprint density at radius 3 is 2.56 bits per heavy atom. The van der Waals surface area contributed by atoms with Gasteiger partial charge in [-0.1, -0.05) is 0 Å².